The lowest BCUT2D eigenvalue weighted by molar-refractivity contribution is -0.137. The van der Waals surface area contributed by atoms with Crippen molar-refractivity contribution in [2.24, 2.45) is 7.05 Å². The van der Waals surface area contributed by atoms with Crippen molar-refractivity contribution in [2.45, 2.75) is 96.3 Å². The quantitative estimate of drug-likeness (QED) is 0.0304. The number of nitrogens with zero attached hydrogens (tertiary/aromatic N) is 6. The van der Waals surface area contributed by atoms with E-state index in [2.05, 4.69) is 41.4 Å². The first-order valence-electron chi connectivity index (χ1n) is 24.5. The molecule has 4 N–H and O–H groups in total. The summed E-state index contributed by atoms with van der Waals surface area (Å²) in [6.07, 6.45) is 10.3. The van der Waals surface area contributed by atoms with Crippen LogP contribution in [0.1, 0.15) is 115 Å². The summed E-state index contributed by atoms with van der Waals surface area (Å²) in [5.74, 6) is 0.786. The number of piperidine rings is 1. The van der Waals surface area contributed by atoms with Gasteiger partial charge in [0.2, 0.25) is 17.7 Å². The highest BCUT2D eigenvalue weighted by atomic mass is 16.5. The lowest BCUT2D eigenvalue weighted by Gasteiger charge is -2.29. The van der Waals surface area contributed by atoms with E-state index in [0.29, 0.717) is 99.5 Å². The highest BCUT2D eigenvalue weighted by Crippen LogP contribution is 2.32. The van der Waals surface area contributed by atoms with Gasteiger partial charge in [-0.3, -0.25) is 29.3 Å². The van der Waals surface area contributed by atoms with Gasteiger partial charge in [0.25, 0.3) is 11.8 Å². The molecule has 5 aromatic rings. The Morgan fingerprint density at radius 1 is 0.817 bits per heavy atom. The van der Waals surface area contributed by atoms with Gasteiger partial charge in [0, 0.05) is 73.9 Å². The second kappa shape index (κ2) is 26.8. The zero-order valence-corrected chi connectivity index (χ0v) is 40.5. The molecule has 5 amide bonds. The molecular formula is C52H64N10O9. The molecule has 0 aliphatic carbocycles. The molecule has 19 nitrogen and oxygen atoms in total. The number of fused-ring (bicyclic) bond motifs is 1. The summed E-state index contributed by atoms with van der Waals surface area (Å²) in [6, 6.07) is 21.2. The molecule has 376 valence electrons. The van der Waals surface area contributed by atoms with Crippen LogP contribution in [0.2, 0.25) is 0 Å². The molecule has 1 fully saturated rings. The Morgan fingerprint density at radius 3 is 2.27 bits per heavy atom. The Bertz CT molecular complexity index is 2560. The minimum Gasteiger partial charge on any atom is -0.494 e. The lowest BCUT2D eigenvalue weighted by Crippen LogP contribution is -2.52. The summed E-state index contributed by atoms with van der Waals surface area (Å²) in [5, 5.41) is 20.2. The van der Waals surface area contributed by atoms with Crippen molar-refractivity contribution in [1.82, 2.24) is 40.3 Å². The number of carbonyl (C=O) groups excluding carboxylic acids is 5. The number of hydrogen-bond acceptors (Lipinski definition) is 14. The van der Waals surface area contributed by atoms with Crippen molar-refractivity contribution in [3.05, 3.63) is 113 Å². The van der Waals surface area contributed by atoms with E-state index in [1.165, 1.54) is 11.2 Å². The van der Waals surface area contributed by atoms with Crippen molar-refractivity contribution in [2.75, 3.05) is 56.9 Å². The van der Waals surface area contributed by atoms with Crippen LogP contribution in [0.5, 0.6) is 5.75 Å². The molecule has 2 aliphatic heterocycles. The number of amides is 5. The Morgan fingerprint density at radius 2 is 1.54 bits per heavy atom. The van der Waals surface area contributed by atoms with E-state index in [4.69, 9.17) is 18.9 Å². The van der Waals surface area contributed by atoms with Crippen LogP contribution in [-0.4, -0.2) is 111 Å². The number of imide groups is 1. The van der Waals surface area contributed by atoms with Crippen molar-refractivity contribution >= 4 is 40.9 Å². The predicted molar refractivity (Wildman–Crippen MR) is 264 cm³/mol. The second-order valence-electron chi connectivity index (χ2n) is 17.5. The first-order chi connectivity index (χ1) is 34.6. The van der Waals surface area contributed by atoms with Crippen LogP contribution in [0.4, 0.5) is 11.4 Å². The number of ether oxygens (including phenoxy) is 4. The number of rotatable bonds is 29. The summed E-state index contributed by atoms with van der Waals surface area (Å²) in [4.78, 5) is 72.6. The number of aromatic nitrogens is 5. The number of nitrogens with one attached hydrogen (secondary N) is 4. The molecule has 7 rings (SSSR count). The van der Waals surface area contributed by atoms with Gasteiger partial charge in [-0.25, -0.2) is 9.97 Å². The predicted octanol–water partition coefficient (Wildman–Crippen LogP) is 6.32. The Kier molecular flexibility index (Phi) is 19.5. The van der Waals surface area contributed by atoms with E-state index < -0.39 is 11.9 Å². The zero-order chi connectivity index (χ0) is 49.8. The van der Waals surface area contributed by atoms with Gasteiger partial charge in [-0.2, -0.15) is 0 Å². The molecule has 1 saturated heterocycles. The third-order valence-electron chi connectivity index (χ3n) is 12.3. The van der Waals surface area contributed by atoms with Gasteiger partial charge in [-0.15, -0.1) is 10.2 Å². The molecule has 0 saturated carbocycles. The molecule has 0 radical (unpaired) electrons. The third kappa shape index (κ3) is 15.2. The minimum absolute atomic E-state index is 0.135. The van der Waals surface area contributed by atoms with E-state index in [1.807, 2.05) is 61.0 Å². The molecule has 0 bridgehead atoms. The summed E-state index contributed by atoms with van der Waals surface area (Å²) in [6.45, 7) is 6.51. The van der Waals surface area contributed by atoms with Crippen LogP contribution in [-0.2, 0) is 48.7 Å². The van der Waals surface area contributed by atoms with Gasteiger partial charge in [0.05, 0.1) is 45.6 Å². The largest absolute Gasteiger partial charge is 0.494 e. The van der Waals surface area contributed by atoms with Crippen LogP contribution in [0, 0.1) is 0 Å². The van der Waals surface area contributed by atoms with Gasteiger partial charge in [0.1, 0.15) is 23.8 Å². The summed E-state index contributed by atoms with van der Waals surface area (Å²) >= 11 is 0. The van der Waals surface area contributed by atoms with E-state index in [0.717, 1.165) is 61.3 Å². The first kappa shape index (κ1) is 51.8. The van der Waals surface area contributed by atoms with Crippen molar-refractivity contribution < 1.29 is 42.9 Å². The molecule has 71 heavy (non-hydrogen) atoms. The molecule has 2 unspecified atom stereocenters. The van der Waals surface area contributed by atoms with E-state index >= 15 is 0 Å². The van der Waals surface area contributed by atoms with Gasteiger partial charge in [-0.1, -0.05) is 37.1 Å². The summed E-state index contributed by atoms with van der Waals surface area (Å²) < 4.78 is 24.9. The van der Waals surface area contributed by atoms with Crippen LogP contribution >= 0.6 is 0 Å². The van der Waals surface area contributed by atoms with Gasteiger partial charge < -0.3 is 44.4 Å². The van der Waals surface area contributed by atoms with Crippen molar-refractivity contribution in [3.63, 3.8) is 0 Å². The normalized spacial score (nSPS) is 14.8. The first-order valence-corrected chi connectivity index (χ1v) is 24.5. The monoisotopic (exact) mass is 972 g/mol. The number of anilines is 2. The summed E-state index contributed by atoms with van der Waals surface area (Å²) in [7, 11) is 1.88. The van der Waals surface area contributed by atoms with E-state index in [9.17, 15) is 24.0 Å². The van der Waals surface area contributed by atoms with E-state index in [1.54, 1.807) is 36.5 Å². The number of benzene rings is 3. The third-order valence-corrected chi connectivity index (χ3v) is 12.3. The average molecular weight is 973 g/mol. The van der Waals surface area contributed by atoms with Gasteiger partial charge in [-0.05, 0) is 99.5 Å². The maximum atomic E-state index is 13.2. The second-order valence-corrected chi connectivity index (χ2v) is 17.5. The van der Waals surface area contributed by atoms with Crippen molar-refractivity contribution in [3.8, 4) is 17.3 Å². The fourth-order valence-corrected chi connectivity index (χ4v) is 8.30. The van der Waals surface area contributed by atoms with Crippen LogP contribution in [0.3, 0.4) is 0 Å². The fourth-order valence-electron chi connectivity index (χ4n) is 8.30. The molecule has 3 aromatic carbocycles. The number of hydrogen-bond donors (Lipinski definition) is 4. The average Bonchev–Trinajstić information content (AvgIpc) is 3.92. The molecule has 2 aliphatic rings. The van der Waals surface area contributed by atoms with Crippen LogP contribution < -0.4 is 26.0 Å². The molecule has 19 heteroatoms. The topological polar surface area (TPSA) is 230 Å². The van der Waals surface area contributed by atoms with Gasteiger partial charge in [0.15, 0.2) is 11.6 Å². The van der Waals surface area contributed by atoms with E-state index in [-0.39, 0.29) is 49.1 Å². The number of carbonyl (C=O) groups is 5. The Balaban J connectivity index is 0.647. The molecular weight excluding hydrogens is 909 g/mol. The molecule has 0 spiro atoms. The van der Waals surface area contributed by atoms with Gasteiger partial charge >= 0.3 is 0 Å². The SMILES string of the molecule is CC(NC(=O)c1cccc(NCc2nnc(-c3ccncn3)n2C)c1)c1ccc(OCCCCCCOCCOCCOCCCCCC(=O)Nc2cccc3c2CN(C2CCC(=O)NC2=O)C3=O)cc1. The standard InChI is InChI=1S/C52H64N10O9/c1-36(56-50(65)38-12-10-13-39(32-38)54-33-46-59-60-49(61(46)2)44-23-24-53-35-55-44)37-17-19-40(20-18-37)71-27-9-4-3-7-25-68-28-30-70-31-29-69-26-8-5-6-16-47(63)57-43-15-11-14-41-42(43)34-62(52(41)67)45-21-22-48(64)58-51(45)66/h10-15,17-20,23-24,32,35-36,45,54H,3-9,16,21-22,25-31,33-34H2,1-2H3,(H,56,65)(H,57,63)(H,58,64,66). The maximum Gasteiger partial charge on any atom is 0.255 e. The smallest absolute Gasteiger partial charge is 0.255 e. The number of unbranched alkanes of at least 4 members (excludes halogenated alkanes) is 5. The molecule has 2 aromatic heterocycles. The highest BCUT2D eigenvalue weighted by molar-refractivity contribution is 6.06. The fraction of sp³-hybridized carbons (Fsp3) is 0.442. The zero-order valence-electron chi connectivity index (χ0n) is 40.5. The Hall–Kier alpha value is -7.09. The lowest BCUT2D eigenvalue weighted by atomic mass is 10.0. The minimum atomic E-state index is -0.705. The maximum absolute atomic E-state index is 13.2. The Labute approximate surface area is 413 Å². The van der Waals surface area contributed by atoms with Crippen molar-refractivity contribution in [1.29, 1.82) is 0 Å². The van der Waals surface area contributed by atoms with Crippen LogP contribution in [0.25, 0.3) is 11.5 Å². The molecule has 4 heterocycles. The molecule has 2 atom stereocenters. The highest BCUT2D eigenvalue weighted by Gasteiger charge is 2.40. The van der Waals surface area contributed by atoms with Crippen LogP contribution in [0.15, 0.2) is 85.3 Å². The summed E-state index contributed by atoms with van der Waals surface area (Å²) in [5.41, 5.74) is 4.72.